The molecule has 0 radical (unpaired) electrons. The standard InChI is InChI=1S/C12H14Br2ClNO/c1-12(2,7-13)16(3)11(17)9-6-8(15)4-5-10(9)14/h4-6H,7H2,1-3H3. The number of rotatable bonds is 3. The Hall–Kier alpha value is -0.0600. The van der Waals surface area contributed by atoms with Crippen LogP contribution in [0.5, 0.6) is 0 Å². The van der Waals surface area contributed by atoms with Gasteiger partial charge in [0.1, 0.15) is 0 Å². The lowest BCUT2D eigenvalue weighted by Crippen LogP contribution is -2.46. The molecule has 0 aliphatic carbocycles. The zero-order chi connectivity index (χ0) is 13.2. The van der Waals surface area contributed by atoms with Gasteiger partial charge in [0.25, 0.3) is 5.91 Å². The summed E-state index contributed by atoms with van der Waals surface area (Å²) in [7, 11) is 1.79. The minimum Gasteiger partial charge on any atom is -0.336 e. The van der Waals surface area contributed by atoms with Crippen LogP contribution >= 0.6 is 43.5 Å². The third kappa shape index (κ3) is 3.46. The van der Waals surface area contributed by atoms with E-state index in [1.54, 1.807) is 30.1 Å². The average molecular weight is 384 g/mol. The van der Waals surface area contributed by atoms with E-state index < -0.39 is 0 Å². The molecule has 17 heavy (non-hydrogen) atoms. The molecule has 94 valence electrons. The first kappa shape index (κ1) is 15.0. The van der Waals surface area contributed by atoms with Crippen LogP contribution in [0.15, 0.2) is 22.7 Å². The van der Waals surface area contributed by atoms with Crippen LogP contribution in [-0.4, -0.2) is 28.7 Å². The summed E-state index contributed by atoms with van der Waals surface area (Å²) in [5, 5.41) is 1.27. The molecule has 1 rings (SSSR count). The summed E-state index contributed by atoms with van der Waals surface area (Å²) in [6.07, 6.45) is 0. The number of alkyl halides is 1. The summed E-state index contributed by atoms with van der Waals surface area (Å²) >= 11 is 12.7. The number of hydrogen-bond acceptors (Lipinski definition) is 1. The molecule has 0 fully saturated rings. The van der Waals surface area contributed by atoms with Crippen molar-refractivity contribution < 1.29 is 4.79 Å². The minimum absolute atomic E-state index is 0.0520. The maximum absolute atomic E-state index is 12.3. The Balaban J connectivity index is 3.08. The molecule has 0 unspecified atom stereocenters. The summed E-state index contributed by atoms with van der Waals surface area (Å²) in [4.78, 5) is 14.0. The number of halogens is 3. The molecule has 0 saturated carbocycles. The molecule has 0 saturated heterocycles. The minimum atomic E-state index is -0.251. The molecular weight excluding hydrogens is 369 g/mol. The summed E-state index contributed by atoms with van der Waals surface area (Å²) in [5.41, 5.74) is 0.327. The Bertz CT molecular complexity index is 435. The molecule has 1 amide bonds. The van der Waals surface area contributed by atoms with E-state index in [9.17, 15) is 4.79 Å². The highest BCUT2D eigenvalue weighted by Crippen LogP contribution is 2.25. The first-order valence-corrected chi connectivity index (χ1v) is 7.38. The number of carbonyl (C=O) groups is 1. The average Bonchev–Trinajstić information content (AvgIpc) is 2.30. The van der Waals surface area contributed by atoms with Gasteiger partial charge in [-0.3, -0.25) is 4.79 Å². The highest BCUT2D eigenvalue weighted by Gasteiger charge is 2.28. The third-order valence-electron chi connectivity index (χ3n) is 2.70. The van der Waals surface area contributed by atoms with E-state index in [1.807, 2.05) is 13.8 Å². The number of nitrogens with zero attached hydrogens (tertiary/aromatic N) is 1. The van der Waals surface area contributed by atoms with Crippen molar-refractivity contribution in [3.63, 3.8) is 0 Å². The van der Waals surface area contributed by atoms with Crippen LogP contribution in [0.1, 0.15) is 24.2 Å². The quantitative estimate of drug-likeness (QED) is 0.711. The van der Waals surface area contributed by atoms with Gasteiger partial charge in [0.05, 0.1) is 5.56 Å². The first-order valence-electron chi connectivity index (χ1n) is 5.09. The fourth-order valence-electron chi connectivity index (χ4n) is 1.21. The number of carbonyl (C=O) groups excluding carboxylic acids is 1. The lowest BCUT2D eigenvalue weighted by molar-refractivity contribution is 0.0662. The molecule has 0 aliphatic heterocycles. The van der Waals surface area contributed by atoms with Crippen LogP contribution in [0.4, 0.5) is 0 Å². The fourth-order valence-corrected chi connectivity index (χ4v) is 2.17. The maximum atomic E-state index is 12.3. The van der Waals surface area contributed by atoms with Crippen LogP contribution in [-0.2, 0) is 0 Å². The van der Waals surface area contributed by atoms with E-state index >= 15 is 0 Å². The number of benzene rings is 1. The van der Waals surface area contributed by atoms with Gasteiger partial charge >= 0.3 is 0 Å². The number of hydrogen-bond donors (Lipinski definition) is 0. The summed E-state index contributed by atoms with van der Waals surface area (Å²) in [6, 6.07) is 5.21. The molecule has 0 aliphatic rings. The molecule has 0 bridgehead atoms. The van der Waals surface area contributed by atoms with Crippen molar-refractivity contribution in [1.82, 2.24) is 4.90 Å². The molecule has 0 heterocycles. The van der Waals surface area contributed by atoms with Gasteiger partial charge in [-0.15, -0.1) is 0 Å². The Labute approximate surface area is 124 Å². The fraction of sp³-hybridized carbons (Fsp3) is 0.417. The molecule has 0 N–H and O–H groups in total. The Morgan fingerprint density at radius 1 is 1.47 bits per heavy atom. The van der Waals surface area contributed by atoms with E-state index in [1.165, 1.54) is 0 Å². The van der Waals surface area contributed by atoms with E-state index in [4.69, 9.17) is 11.6 Å². The zero-order valence-electron chi connectivity index (χ0n) is 9.93. The van der Waals surface area contributed by atoms with E-state index in [2.05, 4.69) is 31.9 Å². The molecule has 1 aromatic rings. The van der Waals surface area contributed by atoms with Crippen molar-refractivity contribution in [1.29, 1.82) is 0 Å². The largest absolute Gasteiger partial charge is 0.336 e. The van der Waals surface area contributed by atoms with Gasteiger partial charge < -0.3 is 4.90 Å². The van der Waals surface area contributed by atoms with Crippen molar-refractivity contribution in [3.05, 3.63) is 33.3 Å². The van der Waals surface area contributed by atoms with Crippen LogP contribution < -0.4 is 0 Å². The molecule has 0 spiro atoms. The van der Waals surface area contributed by atoms with Gasteiger partial charge in [-0.2, -0.15) is 0 Å². The second kappa shape index (κ2) is 5.72. The van der Waals surface area contributed by atoms with Gasteiger partial charge in [0.2, 0.25) is 0 Å². The molecule has 0 aromatic heterocycles. The monoisotopic (exact) mass is 381 g/mol. The molecule has 2 nitrogen and oxygen atoms in total. The second-order valence-corrected chi connectivity index (χ2v) is 6.29. The van der Waals surface area contributed by atoms with Crippen molar-refractivity contribution in [3.8, 4) is 0 Å². The third-order valence-corrected chi connectivity index (χ3v) is 5.00. The van der Waals surface area contributed by atoms with Crippen molar-refractivity contribution >= 4 is 49.4 Å². The van der Waals surface area contributed by atoms with E-state index in [-0.39, 0.29) is 11.4 Å². The Morgan fingerprint density at radius 3 is 2.59 bits per heavy atom. The van der Waals surface area contributed by atoms with Crippen molar-refractivity contribution in [2.45, 2.75) is 19.4 Å². The van der Waals surface area contributed by atoms with Crippen molar-refractivity contribution in [2.75, 3.05) is 12.4 Å². The van der Waals surface area contributed by atoms with Gasteiger partial charge in [-0.05, 0) is 48.0 Å². The summed E-state index contributed by atoms with van der Waals surface area (Å²) in [6.45, 7) is 4.00. The van der Waals surface area contributed by atoms with Crippen molar-refractivity contribution in [2.24, 2.45) is 0 Å². The zero-order valence-corrected chi connectivity index (χ0v) is 13.9. The first-order chi connectivity index (χ1) is 7.79. The Kier molecular flexibility index (Phi) is 5.05. The SMILES string of the molecule is CN(C(=O)c1cc(Cl)ccc1Br)C(C)(C)CBr. The highest BCUT2D eigenvalue weighted by atomic mass is 79.9. The molecule has 0 atom stereocenters. The lowest BCUT2D eigenvalue weighted by atomic mass is 10.1. The van der Waals surface area contributed by atoms with Gasteiger partial charge in [0, 0.05) is 27.4 Å². The summed E-state index contributed by atoms with van der Waals surface area (Å²) in [5.74, 6) is -0.0520. The van der Waals surface area contributed by atoms with Gasteiger partial charge in [0.15, 0.2) is 0 Å². The Morgan fingerprint density at radius 2 is 2.06 bits per heavy atom. The highest BCUT2D eigenvalue weighted by molar-refractivity contribution is 9.10. The maximum Gasteiger partial charge on any atom is 0.255 e. The van der Waals surface area contributed by atoms with Crippen LogP contribution in [0.2, 0.25) is 5.02 Å². The smallest absolute Gasteiger partial charge is 0.255 e. The number of amides is 1. The molecule has 1 aromatic carbocycles. The van der Waals surface area contributed by atoms with Crippen LogP contribution in [0.25, 0.3) is 0 Å². The second-order valence-electron chi connectivity index (χ2n) is 4.43. The van der Waals surface area contributed by atoms with Gasteiger partial charge in [-0.1, -0.05) is 27.5 Å². The van der Waals surface area contributed by atoms with Crippen LogP contribution in [0.3, 0.4) is 0 Å². The molecule has 5 heteroatoms. The summed E-state index contributed by atoms with van der Waals surface area (Å²) < 4.78 is 0.754. The normalized spacial score (nSPS) is 11.4. The predicted molar refractivity (Wildman–Crippen MR) is 79.1 cm³/mol. The predicted octanol–water partition coefficient (Wildman–Crippen LogP) is 4.35. The molecular formula is C12H14Br2ClNO. The van der Waals surface area contributed by atoms with Gasteiger partial charge in [-0.25, -0.2) is 0 Å². The van der Waals surface area contributed by atoms with E-state index in [0.29, 0.717) is 15.9 Å². The topological polar surface area (TPSA) is 20.3 Å². The van der Waals surface area contributed by atoms with Crippen LogP contribution in [0, 0.1) is 0 Å². The lowest BCUT2D eigenvalue weighted by Gasteiger charge is -2.34. The van der Waals surface area contributed by atoms with E-state index in [0.717, 1.165) is 4.47 Å².